The summed E-state index contributed by atoms with van der Waals surface area (Å²) in [5.41, 5.74) is 2.45. The van der Waals surface area contributed by atoms with Gasteiger partial charge in [-0.25, -0.2) is 0 Å². The molecule has 2 aromatic rings. The van der Waals surface area contributed by atoms with E-state index in [1.807, 2.05) is 0 Å². The fourth-order valence-corrected chi connectivity index (χ4v) is 2.01. The van der Waals surface area contributed by atoms with Crippen molar-refractivity contribution < 1.29 is 4.42 Å². The van der Waals surface area contributed by atoms with Crippen molar-refractivity contribution in [2.75, 3.05) is 6.54 Å². The number of nitrogens with zero attached hydrogens (tertiary/aromatic N) is 2. The number of aryl methyl sites for hydroxylation is 1. The molecule has 0 fully saturated rings. The minimum absolute atomic E-state index is 0.157. The molecule has 0 aliphatic heterocycles. The molecule has 1 aromatic carbocycles. The van der Waals surface area contributed by atoms with Crippen LogP contribution in [0, 0.1) is 6.92 Å². The first kappa shape index (κ1) is 13.7. The predicted octanol–water partition coefficient (Wildman–Crippen LogP) is 3.03. The molecule has 1 atom stereocenters. The van der Waals surface area contributed by atoms with Crippen LogP contribution in [0.25, 0.3) is 0 Å². The summed E-state index contributed by atoms with van der Waals surface area (Å²) in [6.07, 6.45) is 1.63. The fraction of sp³-hybridized carbons (Fsp3) is 0.467. The monoisotopic (exact) mass is 259 g/mol. The molecule has 0 aliphatic rings. The maximum absolute atomic E-state index is 5.74. The lowest BCUT2D eigenvalue weighted by molar-refractivity contribution is 0.380. The van der Waals surface area contributed by atoms with Crippen LogP contribution in [0.2, 0.25) is 0 Å². The molecule has 0 saturated carbocycles. The molecule has 2 rings (SSSR count). The van der Waals surface area contributed by atoms with Gasteiger partial charge in [0.25, 0.3) is 0 Å². The molecule has 0 amide bonds. The highest BCUT2D eigenvalue weighted by molar-refractivity contribution is 5.23. The van der Waals surface area contributed by atoms with Gasteiger partial charge in [0.2, 0.25) is 11.8 Å². The summed E-state index contributed by atoms with van der Waals surface area (Å²) >= 11 is 0. The molecular formula is C15H21N3O. The lowest BCUT2D eigenvalue weighted by Crippen LogP contribution is -2.20. The SMILES string of the molecule is CCNC(CC)c1nnc(Cc2ccc(C)cc2)o1. The van der Waals surface area contributed by atoms with E-state index in [1.165, 1.54) is 11.1 Å². The van der Waals surface area contributed by atoms with Gasteiger partial charge in [0, 0.05) is 0 Å². The van der Waals surface area contributed by atoms with E-state index in [4.69, 9.17) is 4.42 Å². The Bertz CT molecular complexity index is 504. The Hall–Kier alpha value is -1.68. The second-order valence-corrected chi connectivity index (χ2v) is 4.71. The molecule has 4 nitrogen and oxygen atoms in total. The van der Waals surface area contributed by atoms with Crippen molar-refractivity contribution in [1.82, 2.24) is 15.5 Å². The van der Waals surface area contributed by atoms with Crippen molar-refractivity contribution >= 4 is 0 Å². The normalized spacial score (nSPS) is 12.6. The van der Waals surface area contributed by atoms with Gasteiger partial charge in [-0.1, -0.05) is 43.7 Å². The van der Waals surface area contributed by atoms with Gasteiger partial charge >= 0.3 is 0 Å². The summed E-state index contributed by atoms with van der Waals surface area (Å²) in [7, 11) is 0. The zero-order valence-corrected chi connectivity index (χ0v) is 11.8. The largest absolute Gasteiger partial charge is 0.423 e. The highest BCUT2D eigenvalue weighted by Gasteiger charge is 2.15. The summed E-state index contributed by atoms with van der Waals surface area (Å²) in [5.74, 6) is 1.36. The molecule has 0 aliphatic carbocycles. The molecule has 0 saturated heterocycles. The van der Waals surface area contributed by atoms with E-state index >= 15 is 0 Å². The molecule has 4 heteroatoms. The number of hydrogen-bond acceptors (Lipinski definition) is 4. The highest BCUT2D eigenvalue weighted by Crippen LogP contribution is 2.16. The Morgan fingerprint density at radius 3 is 2.53 bits per heavy atom. The van der Waals surface area contributed by atoms with Crippen molar-refractivity contribution in [2.24, 2.45) is 0 Å². The van der Waals surface area contributed by atoms with Gasteiger partial charge in [0.1, 0.15) is 0 Å². The van der Waals surface area contributed by atoms with E-state index in [9.17, 15) is 0 Å². The Balaban J connectivity index is 2.06. The molecule has 19 heavy (non-hydrogen) atoms. The molecular weight excluding hydrogens is 238 g/mol. The van der Waals surface area contributed by atoms with Crippen LogP contribution in [0.15, 0.2) is 28.7 Å². The topological polar surface area (TPSA) is 51.0 Å². The number of benzene rings is 1. The summed E-state index contributed by atoms with van der Waals surface area (Å²) in [4.78, 5) is 0. The van der Waals surface area contributed by atoms with Crippen LogP contribution in [0.3, 0.4) is 0 Å². The number of hydrogen-bond donors (Lipinski definition) is 1. The lowest BCUT2D eigenvalue weighted by atomic mass is 10.1. The second-order valence-electron chi connectivity index (χ2n) is 4.71. The van der Waals surface area contributed by atoms with Crippen molar-refractivity contribution in [3.8, 4) is 0 Å². The molecule has 1 heterocycles. The minimum Gasteiger partial charge on any atom is -0.423 e. The van der Waals surface area contributed by atoms with E-state index in [0.717, 1.165) is 13.0 Å². The average molecular weight is 259 g/mol. The first-order chi connectivity index (χ1) is 9.22. The third-order valence-electron chi connectivity index (χ3n) is 3.12. The molecule has 0 bridgehead atoms. The van der Waals surface area contributed by atoms with Crippen LogP contribution in [-0.2, 0) is 6.42 Å². The molecule has 102 valence electrons. The van der Waals surface area contributed by atoms with Crippen LogP contribution in [-0.4, -0.2) is 16.7 Å². The first-order valence-electron chi connectivity index (χ1n) is 6.84. The van der Waals surface area contributed by atoms with Crippen LogP contribution >= 0.6 is 0 Å². The molecule has 1 unspecified atom stereocenters. The van der Waals surface area contributed by atoms with Crippen LogP contribution in [0.4, 0.5) is 0 Å². The van der Waals surface area contributed by atoms with Gasteiger partial charge in [0.15, 0.2) is 0 Å². The van der Waals surface area contributed by atoms with Gasteiger partial charge in [-0.2, -0.15) is 0 Å². The van der Waals surface area contributed by atoms with Gasteiger partial charge in [-0.15, -0.1) is 10.2 Å². The Morgan fingerprint density at radius 2 is 1.89 bits per heavy atom. The number of aromatic nitrogens is 2. The maximum atomic E-state index is 5.74. The average Bonchev–Trinajstić information content (AvgIpc) is 2.87. The van der Waals surface area contributed by atoms with Crippen molar-refractivity contribution in [2.45, 2.75) is 39.7 Å². The standard InChI is InChI=1S/C15H21N3O/c1-4-13(16-5-2)15-18-17-14(19-15)10-12-8-6-11(3)7-9-12/h6-9,13,16H,4-5,10H2,1-3H3. The van der Waals surface area contributed by atoms with Crippen LogP contribution < -0.4 is 5.32 Å². The zero-order valence-electron chi connectivity index (χ0n) is 11.8. The molecule has 1 aromatic heterocycles. The molecule has 1 N–H and O–H groups in total. The van der Waals surface area contributed by atoms with E-state index in [1.54, 1.807) is 0 Å². The fourth-order valence-electron chi connectivity index (χ4n) is 2.01. The smallest absolute Gasteiger partial charge is 0.233 e. The minimum atomic E-state index is 0.157. The van der Waals surface area contributed by atoms with E-state index in [-0.39, 0.29) is 6.04 Å². The Morgan fingerprint density at radius 1 is 1.16 bits per heavy atom. The van der Waals surface area contributed by atoms with Gasteiger partial charge in [0.05, 0.1) is 12.5 Å². The number of nitrogens with one attached hydrogen (secondary N) is 1. The lowest BCUT2D eigenvalue weighted by Gasteiger charge is -2.10. The third-order valence-corrected chi connectivity index (χ3v) is 3.12. The van der Waals surface area contributed by atoms with Gasteiger partial charge in [-0.05, 0) is 25.5 Å². The Labute approximate surface area is 114 Å². The second kappa shape index (κ2) is 6.48. The van der Waals surface area contributed by atoms with Crippen molar-refractivity contribution in [3.63, 3.8) is 0 Å². The van der Waals surface area contributed by atoms with Crippen molar-refractivity contribution in [3.05, 3.63) is 47.2 Å². The van der Waals surface area contributed by atoms with Crippen LogP contribution in [0.5, 0.6) is 0 Å². The molecule has 0 radical (unpaired) electrons. The molecule has 0 spiro atoms. The maximum Gasteiger partial charge on any atom is 0.233 e. The van der Waals surface area contributed by atoms with E-state index in [2.05, 4.69) is 60.6 Å². The Kier molecular flexibility index (Phi) is 4.68. The highest BCUT2D eigenvalue weighted by atomic mass is 16.4. The van der Waals surface area contributed by atoms with Crippen molar-refractivity contribution in [1.29, 1.82) is 0 Å². The summed E-state index contributed by atoms with van der Waals surface area (Å²) in [6.45, 7) is 7.16. The first-order valence-corrected chi connectivity index (χ1v) is 6.84. The zero-order chi connectivity index (χ0) is 13.7. The van der Waals surface area contributed by atoms with Gasteiger partial charge in [-0.3, -0.25) is 0 Å². The van der Waals surface area contributed by atoms with Gasteiger partial charge < -0.3 is 9.73 Å². The third kappa shape index (κ3) is 3.64. The summed E-state index contributed by atoms with van der Waals surface area (Å²) < 4.78 is 5.74. The van der Waals surface area contributed by atoms with E-state index in [0.29, 0.717) is 18.2 Å². The summed E-state index contributed by atoms with van der Waals surface area (Å²) in [6, 6.07) is 8.55. The van der Waals surface area contributed by atoms with Crippen LogP contribution in [0.1, 0.15) is 49.2 Å². The quantitative estimate of drug-likeness (QED) is 0.866. The number of rotatable bonds is 6. The predicted molar refractivity (Wildman–Crippen MR) is 75.0 cm³/mol. The van der Waals surface area contributed by atoms with E-state index < -0.39 is 0 Å². The summed E-state index contributed by atoms with van der Waals surface area (Å²) in [5, 5.41) is 11.6.